The van der Waals surface area contributed by atoms with Gasteiger partial charge in [0.25, 0.3) is 11.5 Å². The fourth-order valence-corrected chi connectivity index (χ4v) is 3.12. The molecule has 1 N–H and O–H groups in total. The number of rotatable bonds is 8. The number of benzene rings is 1. The van der Waals surface area contributed by atoms with Gasteiger partial charge in [-0.15, -0.1) is 5.10 Å². The van der Waals surface area contributed by atoms with Crippen molar-refractivity contribution in [2.75, 3.05) is 13.7 Å². The maximum Gasteiger partial charge on any atom is 0.266 e. The molecule has 1 amide bonds. The van der Waals surface area contributed by atoms with Gasteiger partial charge in [0.05, 0.1) is 19.3 Å². The quantitative estimate of drug-likeness (QED) is 0.592. The molecular weight excluding hydrogens is 398 g/mol. The van der Waals surface area contributed by atoms with Crippen LogP contribution >= 0.6 is 0 Å². The molecule has 3 aromatic rings. The summed E-state index contributed by atoms with van der Waals surface area (Å²) in [5.74, 6) is 1.30. The number of hydrogen-bond acceptors (Lipinski definition) is 6. The molecule has 0 aliphatic carbocycles. The van der Waals surface area contributed by atoms with Crippen molar-refractivity contribution < 1.29 is 14.3 Å². The molecule has 164 valence electrons. The molecule has 0 bridgehead atoms. The van der Waals surface area contributed by atoms with Crippen LogP contribution in [0.5, 0.6) is 11.5 Å². The first kappa shape index (κ1) is 22.1. The van der Waals surface area contributed by atoms with Crippen molar-refractivity contribution in [3.8, 4) is 17.3 Å². The molecule has 0 spiro atoms. The Balaban J connectivity index is 1.61. The number of nitrogens with zero attached hydrogens (tertiary/aromatic N) is 4. The molecule has 0 saturated carbocycles. The number of methoxy groups -OCH3 is 1. The third kappa shape index (κ3) is 5.30. The highest BCUT2D eigenvalue weighted by Gasteiger charge is 2.17. The second-order valence-corrected chi connectivity index (χ2v) is 7.30. The molecule has 0 aliphatic heterocycles. The second-order valence-electron chi connectivity index (χ2n) is 7.30. The summed E-state index contributed by atoms with van der Waals surface area (Å²) in [5, 5.41) is 11.5. The zero-order valence-corrected chi connectivity index (χ0v) is 18.4. The van der Waals surface area contributed by atoms with Crippen LogP contribution in [-0.2, 0) is 11.3 Å². The van der Waals surface area contributed by atoms with Gasteiger partial charge in [-0.3, -0.25) is 9.59 Å². The minimum atomic E-state index is -0.734. The number of aryl methyl sites for hydroxylation is 3. The van der Waals surface area contributed by atoms with E-state index in [2.05, 4.69) is 15.5 Å². The molecule has 9 heteroatoms. The monoisotopic (exact) mass is 425 g/mol. The van der Waals surface area contributed by atoms with E-state index in [9.17, 15) is 9.59 Å². The topological polar surface area (TPSA) is 100 Å². The second kappa shape index (κ2) is 9.46. The molecule has 2 heterocycles. The van der Waals surface area contributed by atoms with E-state index in [4.69, 9.17) is 9.47 Å². The number of amides is 1. The minimum Gasteiger partial charge on any atom is -0.493 e. The Morgan fingerprint density at radius 3 is 2.55 bits per heavy atom. The highest BCUT2D eigenvalue weighted by molar-refractivity contribution is 5.80. The molecule has 2 aromatic heterocycles. The summed E-state index contributed by atoms with van der Waals surface area (Å²) in [6, 6.07) is 10.5. The predicted molar refractivity (Wildman–Crippen MR) is 116 cm³/mol. The van der Waals surface area contributed by atoms with Gasteiger partial charge < -0.3 is 14.8 Å². The minimum absolute atomic E-state index is 0.221. The summed E-state index contributed by atoms with van der Waals surface area (Å²) >= 11 is 0. The van der Waals surface area contributed by atoms with E-state index in [1.54, 1.807) is 30.8 Å². The van der Waals surface area contributed by atoms with Crippen LogP contribution in [0, 0.1) is 20.8 Å². The van der Waals surface area contributed by atoms with E-state index < -0.39 is 6.10 Å². The third-order valence-corrected chi connectivity index (χ3v) is 4.69. The molecule has 0 aliphatic rings. The lowest BCUT2D eigenvalue weighted by atomic mass is 10.2. The lowest BCUT2D eigenvalue weighted by molar-refractivity contribution is -0.127. The van der Waals surface area contributed by atoms with Crippen molar-refractivity contribution in [2.24, 2.45) is 0 Å². The summed E-state index contributed by atoms with van der Waals surface area (Å²) in [6.45, 7) is 7.86. The van der Waals surface area contributed by atoms with Crippen LogP contribution in [0.4, 0.5) is 0 Å². The van der Waals surface area contributed by atoms with Crippen molar-refractivity contribution in [3.63, 3.8) is 0 Å². The first-order valence-electron chi connectivity index (χ1n) is 9.99. The van der Waals surface area contributed by atoms with Crippen molar-refractivity contribution in [2.45, 2.75) is 40.3 Å². The van der Waals surface area contributed by atoms with Crippen molar-refractivity contribution >= 4 is 5.91 Å². The summed E-state index contributed by atoms with van der Waals surface area (Å²) in [5.41, 5.74) is 2.56. The number of ether oxygens (including phenoxy) is 2. The average molecular weight is 425 g/mol. The Morgan fingerprint density at radius 2 is 1.87 bits per heavy atom. The van der Waals surface area contributed by atoms with Crippen LogP contribution in [0.2, 0.25) is 0 Å². The van der Waals surface area contributed by atoms with E-state index in [0.29, 0.717) is 17.3 Å². The number of hydrogen-bond donors (Lipinski definition) is 1. The van der Waals surface area contributed by atoms with Gasteiger partial charge in [0.15, 0.2) is 23.4 Å². The lowest BCUT2D eigenvalue weighted by Gasteiger charge is -2.17. The van der Waals surface area contributed by atoms with Crippen molar-refractivity contribution in [1.82, 2.24) is 24.9 Å². The third-order valence-electron chi connectivity index (χ3n) is 4.69. The Bertz CT molecular complexity index is 1140. The summed E-state index contributed by atoms with van der Waals surface area (Å²) < 4.78 is 14.0. The fourth-order valence-electron chi connectivity index (χ4n) is 3.12. The van der Waals surface area contributed by atoms with Gasteiger partial charge in [0.2, 0.25) is 0 Å². The highest BCUT2D eigenvalue weighted by Crippen LogP contribution is 2.28. The number of aromatic nitrogens is 4. The fraction of sp³-hybridized carbons (Fsp3) is 0.364. The van der Waals surface area contributed by atoms with Crippen LogP contribution in [0.3, 0.4) is 0 Å². The van der Waals surface area contributed by atoms with Gasteiger partial charge in [0.1, 0.15) is 0 Å². The Kier molecular flexibility index (Phi) is 6.74. The van der Waals surface area contributed by atoms with Crippen LogP contribution in [0.1, 0.15) is 23.9 Å². The Labute approximate surface area is 180 Å². The smallest absolute Gasteiger partial charge is 0.266 e. The van der Waals surface area contributed by atoms with Gasteiger partial charge in [-0.2, -0.15) is 5.10 Å². The van der Waals surface area contributed by atoms with Crippen LogP contribution in [-0.4, -0.2) is 45.2 Å². The molecule has 3 rings (SSSR count). The van der Waals surface area contributed by atoms with E-state index >= 15 is 0 Å². The summed E-state index contributed by atoms with van der Waals surface area (Å²) in [4.78, 5) is 24.6. The largest absolute Gasteiger partial charge is 0.493 e. The van der Waals surface area contributed by atoms with Crippen LogP contribution in [0.15, 0.2) is 41.2 Å². The van der Waals surface area contributed by atoms with E-state index in [1.807, 2.05) is 39.0 Å². The SMILES string of the molecule is COc1cc(C)ccc1OC(C)C(=O)NCCn1nc(-n2nc(C)cc2C)ccc1=O. The molecule has 9 nitrogen and oxygen atoms in total. The van der Waals surface area contributed by atoms with Gasteiger partial charge in [-0.1, -0.05) is 6.07 Å². The van der Waals surface area contributed by atoms with E-state index in [0.717, 1.165) is 17.0 Å². The molecule has 1 aromatic carbocycles. The first-order chi connectivity index (χ1) is 14.8. The first-order valence-corrected chi connectivity index (χ1v) is 9.99. The zero-order chi connectivity index (χ0) is 22.5. The molecule has 1 atom stereocenters. The van der Waals surface area contributed by atoms with Crippen molar-refractivity contribution in [3.05, 3.63) is 63.7 Å². The normalized spacial score (nSPS) is 11.8. The maximum atomic E-state index is 12.4. The molecule has 0 radical (unpaired) electrons. The highest BCUT2D eigenvalue weighted by atomic mass is 16.5. The van der Waals surface area contributed by atoms with Gasteiger partial charge in [-0.25, -0.2) is 9.36 Å². The van der Waals surface area contributed by atoms with E-state index in [-0.39, 0.29) is 24.6 Å². The standard InChI is InChI=1S/C22H27N5O4/c1-14-6-7-18(19(12-14)30-5)31-17(4)22(29)23-10-11-26-21(28)9-8-20(25-26)27-16(3)13-15(2)24-27/h6-9,12-13,17H,10-11H2,1-5H3,(H,23,29). The van der Waals surface area contributed by atoms with E-state index in [1.165, 1.54) is 10.7 Å². The number of nitrogens with one attached hydrogen (secondary N) is 1. The van der Waals surface area contributed by atoms with Gasteiger partial charge >= 0.3 is 0 Å². The molecule has 1 unspecified atom stereocenters. The number of carbonyl (C=O) groups is 1. The molecule has 0 fully saturated rings. The zero-order valence-electron chi connectivity index (χ0n) is 18.4. The Morgan fingerprint density at radius 1 is 1.10 bits per heavy atom. The lowest BCUT2D eigenvalue weighted by Crippen LogP contribution is -2.39. The molecular formula is C22H27N5O4. The molecule has 0 saturated heterocycles. The maximum absolute atomic E-state index is 12.4. The average Bonchev–Trinajstić information content (AvgIpc) is 3.08. The van der Waals surface area contributed by atoms with Gasteiger partial charge in [-0.05, 0) is 57.5 Å². The number of carbonyl (C=O) groups excluding carboxylic acids is 1. The summed E-state index contributed by atoms with van der Waals surface area (Å²) in [6.07, 6.45) is -0.734. The molecule has 31 heavy (non-hydrogen) atoms. The van der Waals surface area contributed by atoms with Crippen LogP contribution < -0.4 is 20.3 Å². The predicted octanol–water partition coefficient (Wildman–Crippen LogP) is 1.95. The van der Waals surface area contributed by atoms with Crippen molar-refractivity contribution in [1.29, 1.82) is 0 Å². The Hall–Kier alpha value is -3.62. The van der Waals surface area contributed by atoms with Gasteiger partial charge in [0, 0.05) is 18.3 Å². The van der Waals surface area contributed by atoms with Crippen LogP contribution in [0.25, 0.3) is 5.82 Å². The summed E-state index contributed by atoms with van der Waals surface area (Å²) in [7, 11) is 1.55.